The third kappa shape index (κ3) is 7.21. The summed E-state index contributed by atoms with van der Waals surface area (Å²) in [5.74, 6) is -0.0166. The first-order chi connectivity index (χ1) is 17.7. The highest BCUT2D eigenvalue weighted by Crippen LogP contribution is 2.30. The van der Waals surface area contributed by atoms with E-state index in [1.165, 1.54) is 6.08 Å². The molecule has 0 saturated heterocycles. The van der Waals surface area contributed by atoms with Crippen molar-refractivity contribution in [2.75, 3.05) is 23.8 Å². The highest BCUT2D eigenvalue weighted by Gasteiger charge is 2.14. The van der Waals surface area contributed by atoms with Crippen LogP contribution in [0.3, 0.4) is 0 Å². The summed E-state index contributed by atoms with van der Waals surface area (Å²) >= 11 is 0. The fourth-order valence-electron chi connectivity index (χ4n) is 3.55. The molecule has 0 spiro atoms. The Morgan fingerprint density at radius 3 is 2.38 bits per heavy atom. The van der Waals surface area contributed by atoms with E-state index < -0.39 is 5.91 Å². The van der Waals surface area contributed by atoms with Gasteiger partial charge in [-0.15, -0.1) is 0 Å². The second-order valence-electron chi connectivity index (χ2n) is 8.65. The molecule has 0 bridgehead atoms. The minimum absolute atomic E-state index is 0.0511. The number of rotatable bonds is 9. The summed E-state index contributed by atoms with van der Waals surface area (Å²) in [6.45, 7) is 9.86. The zero-order valence-corrected chi connectivity index (χ0v) is 21.8. The largest absolute Gasteiger partial charge is 0.490 e. The molecule has 3 aromatic rings. The van der Waals surface area contributed by atoms with Crippen LogP contribution in [0.15, 0.2) is 60.2 Å². The van der Waals surface area contributed by atoms with Crippen molar-refractivity contribution in [1.82, 2.24) is 0 Å². The number of aryl methyl sites for hydroxylation is 3. The summed E-state index contributed by atoms with van der Waals surface area (Å²) in [5, 5.41) is 15.2. The lowest BCUT2D eigenvalue weighted by Crippen LogP contribution is -2.20. The van der Waals surface area contributed by atoms with Crippen LogP contribution in [0.4, 0.5) is 11.4 Å². The number of nitrogens with one attached hydrogen (secondary N) is 2. The minimum Gasteiger partial charge on any atom is -0.490 e. The SMILES string of the molecule is CCOc1cc(/C=C(/C#N)C(=O)Nc2cccc(C)c2C)ccc1OCC(=O)Nc1ccc(C)c(C)c1. The Labute approximate surface area is 217 Å². The Balaban J connectivity index is 1.72. The van der Waals surface area contributed by atoms with E-state index in [4.69, 9.17) is 9.47 Å². The van der Waals surface area contributed by atoms with Gasteiger partial charge in [-0.2, -0.15) is 5.26 Å². The molecule has 0 radical (unpaired) electrons. The number of carbonyl (C=O) groups excluding carboxylic acids is 2. The smallest absolute Gasteiger partial charge is 0.266 e. The van der Waals surface area contributed by atoms with E-state index in [-0.39, 0.29) is 18.1 Å². The van der Waals surface area contributed by atoms with Crippen molar-refractivity contribution in [3.05, 3.63) is 88.0 Å². The summed E-state index contributed by atoms with van der Waals surface area (Å²) in [4.78, 5) is 25.2. The molecule has 0 fully saturated rings. The number of benzene rings is 3. The van der Waals surface area contributed by atoms with E-state index in [1.54, 1.807) is 24.3 Å². The summed E-state index contributed by atoms with van der Waals surface area (Å²) in [7, 11) is 0. The Morgan fingerprint density at radius 1 is 0.892 bits per heavy atom. The number of ether oxygens (including phenoxy) is 2. The van der Waals surface area contributed by atoms with Crippen LogP contribution >= 0.6 is 0 Å². The molecule has 7 nitrogen and oxygen atoms in total. The van der Waals surface area contributed by atoms with Crippen LogP contribution in [0.2, 0.25) is 0 Å². The predicted molar refractivity (Wildman–Crippen MR) is 146 cm³/mol. The molecule has 0 atom stereocenters. The Kier molecular flexibility index (Phi) is 9.06. The van der Waals surface area contributed by atoms with Crippen LogP contribution in [-0.2, 0) is 9.59 Å². The van der Waals surface area contributed by atoms with Gasteiger partial charge in [-0.25, -0.2) is 0 Å². The van der Waals surface area contributed by atoms with Crippen LogP contribution in [0.25, 0.3) is 6.08 Å². The topological polar surface area (TPSA) is 100 Å². The van der Waals surface area contributed by atoms with Gasteiger partial charge in [0.05, 0.1) is 6.61 Å². The molecule has 0 aliphatic carbocycles. The average Bonchev–Trinajstić information content (AvgIpc) is 2.87. The highest BCUT2D eigenvalue weighted by atomic mass is 16.5. The highest BCUT2D eigenvalue weighted by molar-refractivity contribution is 6.10. The number of nitrogens with zero attached hydrogens (tertiary/aromatic N) is 1. The molecule has 190 valence electrons. The first-order valence-electron chi connectivity index (χ1n) is 12.0. The maximum Gasteiger partial charge on any atom is 0.266 e. The Bertz CT molecular complexity index is 1390. The van der Waals surface area contributed by atoms with Crippen molar-refractivity contribution >= 4 is 29.3 Å². The third-order valence-corrected chi connectivity index (χ3v) is 5.95. The molecule has 2 N–H and O–H groups in total. The second-order valence-corrected chi connectivity index (χ2v) is 8.65. The normalized spacial score (nSPS) is 10.9. The Hall–Kier alpha value is -4.57. The van der Waals surface area contributed by atoms with Crippen LogP contribution in [0.5, 0.6) is 11.5 Å². The third-order valence-electron chi connectivity index (χ3n) is 5.95. The molecule has 0 heterocycles. The van der Waals surface area contributed by atoms with Gasteiger partial charge >= 0.3 is 0 Å². The molecule has 0 saturated carbocycles. The first kappa shape index (κ1) is 27.0. The van der Waals surface area contributed by atoms with Crippen molar-refractivity contribution < 1.29 is 19.1 Å². The van der Waals surface area contributed by atoms with E-state index in [2.05, 4.69) is 10.6 Å². The van der Waals surface area contributed by atoms with Crippen LogP contribution < -0.4 is 20.1 Å². The van der Waals surface area contributed by atoms with Gasteiger partial charge in [0.25, 0.3) is 11.8 Å². The molecule has 37 heavy (non-hydrogen) atoms. The molecular weight excluding hydrogens is 466 g/mol. The fraction of sp³-hybridized carbons (Fsp3) is 0.233. The van der Waals surface area contributed by atoms with Gasteiger partial charge in [0.15, 0.2) is 18.1 Å². The second kappa shape index (κ2) is 12.4. The predicted octanol–water partition coefficient (Wildman–Crippen LogP) is 5.88. The molecule has 3 rings (SSSR count). The van der Waals surface area contributed by atoms with Gasteiger partial charge < -0.3 is 20.1 Å². The van der Waals surface area contributed by atoms with Gasteiger partial charge in [0, 0.05) is 11.4 Å². The lowest BCUT2D eigenvalue weighted by molar-refractivity contribution is -0.118. The summed E-state index contributed by atoms with van der Waals surface area (Å²) < 4.78 is 11.4. The van der Waals surface area contributed by atoms with Crippen molar-refractivity contribution in [3.63, 3.8) is 0 Å². The average molecular weight is 498 g/mol. The first-order valence-corrected chi connectivity index (χ1v) is 12.0. The molecule has 3 aromatic carbocycles. The number of carbonyl (C=O) groups is 2. The van der Waals surface area contributed by atoms with E-state index >= 15 is 0 Å². The lowest BCUT2D eigenvalue weighted by atomic mass is 10.1. The van der Waals surface area contributed by atoms with E-state index in [0.29, 0.717) is 35.0 Å². The quantitative estimate of drug-likeness (QED) is 0.284. The van der Waals surface area contributed by atoms with Gasteiger partial charge in [-0.3, -0.25) is 9.59 Å². The van der Waals surface area contributed by atoms with E-state index in [9.17, 15) is 14.9 Å². The molecule has 0 aromatic heterocycles. The van der Waals surface area contributed by atoms with Crippen LogP contribution in [0, 0.1) is 39.0 Å². The van der Waals surface area contributed by atoms with Crippen LogP contribution in [-0.4, -0.2) is 25.0 Å². The lowest BCUT2D eigenvalue weighted by Gasteiger charge is -2.13. The van der Waals surface area contributed by atoms with E-state index in [1.807, 2.05) is 71.0 Å². The molecule has 2 amide bonds. The van der Waals surface area contributed by atoms with Gasteiger partial charge in [-0.05, 0) is 98.8 Å². The number of hydrogen-bond donors (Lipinski definition) is 2. The Morgan fingerprint density at radius 2 is 1.68 bits per heavy atom. The number of hydrogen-bond acceptors (Lipinski definition) is 5. The number of nitriles is 1. The molecular formula is C30H31N3O4. The van der Waals surface area contributed by atoms with Gasteiger partial charge in [0.1, 0.15) is 11.6 Å². The van der Waals surface area contributed by atoms with Crippen molar-refractivity contribution in [3.8, 4) is 17.6 Å². The zero-order valence-electron chi connectivity index (χ0n) is 21.8. The maximum absolute atomic E-state index is 12.8. The standard InChI is InChI=1S/C30H31N3O4/c1-6-36-28-16-23(15-24(17-31)30(35)33-26-9-7-8-20(3)22(26)5)11-13-27(28)37-18-29(34)32-25-12-10-19(2)21(4)14-25/h7-16H,6,18H2,1-5H3,(H,32,34)(H,33,35)/b24-15-. The zero-order chi connectivity index (χ0) is 26.9. The summed E-state index contributed by atoms with van der Waals surface area (Å²) in [6.07, 6.45) is 1.49. The van der Waals surface area contributed by atoms with E-state index in [0.717, 1.165) is 22.3 Å². The van der Waals surface area contributed by atoms with Crippen molar-refractivity contribution in [2.45, 2.75) is 34.6 Å². The van der Waals surface area contributed by atoms with Crippen molar-refractivity contribution in [1.29, 1.82) is 5.26 Å². The molecule has 7 heteroatoms. The van der Waals surface area contributed by atoms with Crippen LogP contribution in [0.1, 0.15) is 34.7 Å². The molecule has 0 unspecified atom stereocenters. The minimum atomic E-state index is -0.502. The molecule has 0 aliphatic heterocycles. The number of amides is 2. The summed E-state index contributed by atoms with van der Waals surface area (Å²) in [6, 6.07) is 18.3. The number of anilines is 2. The van der Waals surface area contributed by atoms with Gasteiger partial charge in [-0.1, -0.05) is 24.3 Å². The molecule has 0 aliphatic rings. The van der Waals surface area contributed by atoms with Gasteiger partial charge in [0.2, 0.25) is 0 Å². The maximum atomic E-state index is 12.8. The van der Waals surface area contributed by atoms with Crippen molar-refractivity contribution in [2.24, 2.45) is 0 Å². The fourth-order valence-corrected chi connectivity index (χ4v) is 3.55. The summed E-state index contributed by atoms with van der Waals surface area (Å²) in [5.41, 5.74) is 6.10. The monoisotopic (exact) mass is 497 g/mol.